The lowest BCUT2D eigenvalue weighted by Gasteiger charge is -2.43. The topological polar surface area (TPSA) is 30.5 Å². The molecule has 0 radical (unpaired) electrons. The summed E-state index contributed by atoms with van der Waals surface area (Å²) < 4.78 is 11.8. The molecule has 0 unspecified atom stereocenters. The summed E-state index contributed by atoms with van der Waals surface area (Å²) in [6.45, 7) is 4.49. The van der Waals surface area contributed by atoms with E-state index in [1.54, 1.807) is 7.11 Å². The Bertz CT molecular complexity index is 376. The van der Waals surface area contributed by atoms with E-state index in [0.29, 0.717) is 0 Å². The van der Waals surface area contributed by atoms with Gasteiger partial charge >= 0.3 is 0 Å². The van der Waals surface area contributed by atoms with Crippen LogP contribution >= 0.6 is 15.9 Å². The Hall–Kier alpha value is -0.420. The second kappa shape index (κ2) is 7.39. The molecule has 1 heterocycles. The molecule has 0 aliphatic carbocycles. The van der Waals surface area contributed by atoms with Gasteiger partial charge in [0, 0.05) is 49.9 Å². The fourth-order valence-electron chi connectivity index (χ4n) is 2.43. The lowest BCUT2D eigenvalue weighted by atomic mass is 9.73. The number of nitrogens with one attached hydrogen (secondary N) is 1. The molecule has 4 heteroatoms. The van der Waals surface area contributed by atoms with E-state index in [9.17, 15) is 0 Å². The van der Waals surface area contributed by atoms with Crippen molar-refractivity contribution in [1.29, 1.82) is 0 Å². The number of hydrogen-bond acceptors (Lipinski definition) is 3. The Morgan fingerprint density at radius 2 is 1.89 bits per heavy atom. The highest BCUT2D eigenvalue weighted by atomic mass is 79.9. The first-order chi connectivity index (χ1) is 9.27. The van der Waals surface area contributed by atoms with Gasteiger partial charge in [-0.25, -0.2) is 0 Å². The van der Waals surface area contributed by atoms with Gasteiger partial charge in [0.2, 0.25) is 0 Å². The van der Waals surface area contributed by atoms with Crippen LogP contribution in [0.15, 0.2) is 28.7 Å². The van der Waals surface area contributed by atoms with Crippen LogP contribution in [0.25, 0.3) is 0 Å². The molecular weight excluding hydrogens is 306 g/mol. The quantitative estimate of drug-likeness (QED) is 0.745. The molecule has 1 saturated heterocycles. The standard InChI is InChI=1S/C15H22BrNO2/c1-18-8-2-9-19-10-7-15(11-17-12-15)13-3-5-14(16)6-4-13/h3-6,17H,2,7-12H2,1H3. The maximum absolute atomic E-state index is 5.70. The predicted molar refractivity (Wildman–Crippen MR) is 80.6 cm³/mol. The molecular formula is C15H22BrNO2. The summed E-state index contributed by atoms with van der Waals surface area (Å²) in [6.07, 6.45) is 2.05. The van der Waals surface area contributed by atoms with Gasteiger partial charge in [-0.2, -0.15) is 0 Å². The van der Waals surface area contributed by atoms with Crippen molar-refractivity contribution >= 4 is 15.9 Å². The molecule has 0 spiro atoms. The van der Waals surface area contributed by atoms with Crippen LogP contribution in [0.1, 0.15) is 18.4 Å². The summed E-state index contributed by atoms with van der Waals surface area (Å²) >= 11 is 3.49. The number of benzene rings is 1. The van der Waals surface area contributed by atoms with Gasteiger partial charge in [-0.3, -0.25) is 0 Å². The molecule has 2 rings (SSSR count). The van der Waals surface area contributed by atoms with E-state index in [-0.39, 0.29) is 5.41 Å². The van der Waals surface area contributed by atoms with E-state index in [0.717, 1.165) is 50.2 Å². The van der Waals surface area contributed by atoms with E-state index < -0.39 is 0 Å². The van der Waals surface area contributed by atoms with Crippen molar-refractivity contribution in [2.75, 3.05) is 40.0 Å². The number of methoxy groups -OCH3 is 1. The molecule has 0 aromatic heterocycles. The average Bonchev–Trinajstić information content (AvgIpc) is 2.38. The molecule has 106 valence electrons. The van der Waals surface area contributed by atoms with E-state index in [2.05, 4.69) is 45.5 Å². The molecule has 1 N–H and O–H groups in total. The van der Waals surface area contributed by atoms with Gasteiger partial charge in [0.05, 0.1) is 0 Å². The predicted octanol–water partition coefficient (Wildman–Crippen LogP) is 2.73. The zero-order chi connectivity index (χ0) is 13.6. The maximum Gasteiger partial charge on any atom is 0.0487 e. The first kappa shape index (κ1) is 15.0. The van der Waals surface area contributed by atoms with Crippen molar-refractivity contribution in [3.63, 3.8) is 0 Å². The first-order valence-electron chi connectivity index (χ1n) is 6.80. The summed E-state index contributed by atoms with van der Waals surface area (Å²) in [6, 6.07) is 8.68. The van der Waals surface area contributed by atoms with Gasteiger partial charge in [-0.1, -0.05) is 28.1 Å². The van der Waals surface area contributed by atoms with Crippen molar-refractivity contribution in [2.24, 2.45) is 0 Å². The van der Waals surface area contributed by atoms with Gasteiger partial charge in [-0.05, 0) is 30.5 Å². The Morgan fingerprint density at radius 1 is 1.16 bits per heavy atom. The molecule has 3 nitrogen and oxygen atoms in total. The molecule has 1 aromatic rings. The largest absolute Gasteiger partial charge is 0.385 e. The highest BCUT2D eigenvalue weighted by Crippen LogP contribution is 2.32. The van der Waals surface area contributed by atoms with Crippen molar-refractivity contribution in [1.82, 2.24) is 5.32 Å². The monoisotopic (exact) mass is 327 g/mol. The van der Waals surface area contributed by atoms with Crippen LogP contribution in [-0.4, -0.2) is 40.0 Å². The zero-order valence-corrected chi connectivity index (χ0v) is 13.0. The minimum atomic E-state index is 0.266. The Morgan fingerprint density at radius 3 is 2.47 bits per heavy atom. The van der Waals surface area contributed by atoms with Crippen LogP contribution in [0.3, 0.4) is 0 Å². The third-order valence-electron chi connectivity index (χ3n) is 3.75. The minimum Gasteiger partial charge on any atom is -0.385 e. The molecule has 1 aromatic carbocycles. The molecule has 1 fully saturated rings. The van der Waals surface area contributed by atoms with Crippen LogP contribution in [0.5, 0.6) is 0 Å². The summed E-state index contributed by atoms with van der Waals surface area (Å²) in [7, 11) is 1.72. The van der Waals surface area contributed by atoms with Crippen LogP contribution in [-0.2, 0) is 14.9 Å². The summed E-state index contributed by atoms with van der Waals surface area (Å²) in [5, 5.41) is 3.39. The second-order valence-corrected chi connectivity index (χ2v) is 6.02. The van der Waals surface area contributed by atoms with Crippen LogP contribution in [0.4, 0.5) is 0 Å². The van der Waals surface area contributed by atoms with Gasteiger partial charge < -0.3 is 14.8 Å². The highest BCUT2D eigenvalue weighted by Gasteiger charge is 2.38. The average molecular weight is 328 g/mol. The van der Waals surface area contributed by atoms with Gasteiger partial charge in [0.15, 0.2) is 0 Å². The molecule has 0 atom stereocenters. The van der Waals surface area contributed by atoms with Crippen LogP contribution < -0.4 is 5.32 Å². The van der Waals surface area contributed by atoms with E-state index in [1.807, 2.05) is 0 Å². The molecule has 0 amide bonds. The fourth-order valence-corrected chi connectivity index (χ4v) is 2.69. The Kier molecular flexibility index (Phi) is 5.82. The molecule has 0 bridgehead atoms. The Labute approximate surface area is 123 Å². The lowest BCUT2D eigenvalue weighted by Crippen LogP contribution is -2.57. The van der Waals surface area contributed by atoms with Gasteiger partial charge in [-0.15, -0.1) is 0 Å². The third-order valence-corrected chi connectivity index (χ3v) is 4.27. The van der Waals surface area contributed by atoms with Gasteiger partial charge in [0.1, 0.15) is 0 Å². The van der Waals surface area contributed by atoms with Crippen molar-refractivity contribution in [2.45, 2.75) is 18.3 Å². The number of ether oxygens (including phenoxy) is 2. The van der Waals surface area contributed by atoms with E-state index >= 15 is 0 Å². The lowest BCUT2D eigenvalue weighted by molar-refractivity contribution is 0.0805. The van der Waals surface area contributed by atoms with Crippen LogP contribution in [0.2, 0.25) is 0 Å². The van der Waals surface area contributed by atoms with E-state index in [4.69, 9.17) is 9.47 Å². The molecule has 1 aliphatic rings. The minimum absolute atomic E-state index is 0.266. The normalized spacial score (nSPS) is 17.2. The van der Waals surface area contributed by atoms with Crippen molar-refractivity contribution in [3.05, 3.63) is 34.3 Å². The molecule has 0 saturated carbocycles. The first-order valence-corrected chi connectivity index (χ1v) is 7.60. The fraction of sp³-hybridized carbons (Fsp3) is 0.600. The third kappa shape index (κ3) is 4.02. The van der Waals surface area contributed by atoms with Crippen molar-refractivity contribution < 1.29 is 9.47 Å². The van der Waals surface area contributed by atoms with E-state index in [1.165, 1.54) is 5.56 Å². The summed E-state index contributed by atoms with van der Waals surface area (Å²) in [4.78, 5) is 0. The number of hydrogen-bond donors (Lipinski definition) is 1. The van der Waals surface area contributed by atoms with Crippen molar-refractivity contribution in [3.8, 4) is 0 Å². The number of rotatable bonds is 8. The van der Waals surface area contributed by atoms with Crippen LogP contribution in [0, 0.1) is 0 Å². The smallest absolute Gasteiger partial charge is 0.0487 e. The summed E-state index contributed by atoms with van der Waals surface area (Å²) in [5.74, 6) is 0. The SMILES string of the molecule is COCCCOCCC1(c2ccc(Br)cc2)CNC1. The maximum atomic E-state index is 5.70. The molecule has 19 heavy (non-hydrogen) atoms. The molecule has 1 aliphatic heterocycles. The van der Waals surface area contributed by atoms with Gasteiger partial charge in [0.25, 0.3) is 0 Å². The second-order valence-electron chi connectivity index (χ2n) is 5.10. The highest BCUT2D eigenvalue weighted by molar-refractivity contribution is 9.10. The zero-order valence-electron chi connectivity index (χ0n) is 11.5. The Balaban J connectivity index is 1.80. The summed E-state index contributed by atoms with van der Waals surface area (Å²) in [5.41, 5.74) is 1.68. The number of halogens is 1.